The van der Waals surface area contributed by atoms with Crippen LogP contribution in [0.2, 0.25) is 10.0 Å². The molecule has 0 N–H and O–H groups in total. The van der Waals surface area contributed by atoms with Crippen molar-refractivity contribution in [2.45, 2.75) is 6.92 Å². The number of anilines is 1. The number of nitro benzene ring substituents is 1. The Bertz CT molecular complexity index is 937. The zero-order chi connectivity index (χ0) is 18.1. The third-order valence-corrected chi connectivity index (χ3v) is 4.19. The molecule has 0 saturated heterocycles. The summed E-state index contributed by atoms with van der Waals surface area (Å²) in [5.41, 5.74) is 1.95. The van der Waals surface area contributed by atoms with Gasteiger partial charge in [-0.15, -0.1) is 0 Å². The maximum Gasteiger partial charge on any atom is 0.280 e. The van der Waals surface area contributed by atoms with E-state index in [0.717, 1.165) is 0 Å². The summed E-state index contributed by atoms with van der Waals surface area (Å²) in [6.45, 7) is 1.71. The zero-order valence-electron chi connectivity index (χ0n) is 12.9. The monoisotopic (exact) mass is 375 g/mol. The first-order valence-electron chi connectivity index (χ1n) is 7.18. The van der Waals surface area contributed by atoms with Crippen molar-refractivity contribution >= 4 is 52.3 Å². The fraction of sp³-hybridized carbons (Fsp3) is 0.0588. The molecular weight excluding hydrogens is 365 g/mol. The van der Waals surface area contributed by atoms with Crippen LogP contribution in [0.4, 0.5) is 11.4 Å². The van der Waals surface area contributed by atoms with Gasteiger partial charge < -0.3 is 0 Å². The summed E-state index contributed by atoms with van der Waals surface area (Å²) in [6, 6.07) is 10.6. The molecule has 2 aromatic rings. The number of amides is 1. The van der Waals surface area contributed by atoms with E-state index in [4.69, 9.17) is 23.2 Å². The highest BCUT2D eigenvalue weighted by molar-refractivity contribution is 6.36. The maximum atomic E-state index is 12.7. The van der Waals surface area contributed by atoms with Crippen LogP contribution in [-0.4, -0.2) is 16.5 Å². The fourth-order valence-corrected chi connectivity index (χ4v) is 2.81. The molecule has 3 rings (SSSR count). The largest absolute Gasteiger partial charge is 0.280 e. The predicted molar refractivity (Wildman–Crippen MR) is 98.1 cm³/mol. The van der Waals surface area contributed by atoms with Crippen molar-refractivity contribution in [2.75, 3.05) is 5.01 Å². The van der Waals surface area contributed by atoms with Crippen molar-refractivity contribution in [2.24, 2.45) is 5.10 Å². The van der Waals surface area contributed by atoms with Gasteiger partial charge >= 0.3 is 0 Å². The molecule has 1 aliphatic heterocycles. The zero-order valence-corrected chi connectivity index (χ0v) is 14.5. The average molecular weight is 376 g/mol. The van der Waals surface area contributed by atoms with Crippen molar-refractivity contribution in [3.05, 3.63) is 73.8 Å². The van der Waals surface area contributed by atoms with Gasteiger partial charge in [-0.2, -0.15) is 10.1 Å². The molecule has 0 atom stereocenters. The summed E-state index contributed by atoms with van der Waals surface area (Å²) in [4.78, 5) is 22.9. The molecule has 0 radical (unpaired) electrons. The lowest BCUT2D eigenvalue weighted by Crippen LogP contribution is -2.21. The maximum absolute atomic E-state index is 12.7. The van der Waals surface area contributed by atoms with Crippen molar-refractivity contribution in [3.8, 4) is 0 Å². The summed E-state index contributed by atoms with van der Waals surface area (Å²) in [5.74, 6) is -0.336. The fourth-order valence-electron chi connectivity index (χ4n) is 2.35. The number of nitrogens with zero attached hydrogens (tertiary/aromatic N) is 3. The number of halogens is 2. The summed E-state index contributed by atoms with van der Waals surface area (Å²) in [7, 11) is 0. The minimum atomic E-state index is -0.502. The van der Waals surface area contributed by atoms with Crippen LogP contribution in [0.25, 0.3) is 6.08 Å². The summed E-state index contributed by atoms with van der Waals surface area (Å²) in [6.07, 6.45) is 1.64. The van der Waals surface area contributed by atoms with Gasteiger partial charge in [-0.25, -0.2) is 0 Å². The number of non-ortho nitro benzene ring substituents is 1. The molecular formula is C17H11Cl2N3O3. The standard InChI is InChI=1S/C17H11Cl2N3O3/c1-10-15(8-11-2-3-12(18)9-16(11)19)17(23)21(20-10)13-4-6-14(7-5-13)22(24)25/h2-9H,1H3. The average Bonchev–Trinajstić information content (AvgIpc) is 2.85. The van der Waals surface area contributed by atoms with Crippen LogP contribution in [0.1, 0.15) is 12.5 Å². The van der Waals surface area contributed by atoms with E-state index in [-0.39, 0.29) is 11.6 Å². The number of hydrogen-bond donors (Lipinski definition) is 0. The molecule has 0 spiro atoms. The van der Waals surface area contributed by atoms with Crippen molar-refractivity contribution in [1.82, 2.24) is 0 Å². The minimum Gasteiger partial charge on any atom is -0.267 e. The molecule has 0 aromatic heterocycles. The number of carbonyl (C=O) groups excluding carboxylic acids is 1. The highest BCUT2D eigenvalue weighted by Gasteiger charge is 2.29. The van der Waals surface area contributed by atoms with Gasteiger partial charge in [-0.05, 0) is 42.8 Å². The number of rotatable bonds is 3. The Labute approximate surface area is 153 Å². The van der Waals surface area contributed by atoms with E-state index in [1.807, 2.05) is 0 Å². The number of hydrogen-bond acceptors (Lipinski definition) is 4. The molecule has 0 bridgehead atoms. The Morgan fingerprint density at radius 1 is 1.16 bits per heavy atom. The molecule has 1 amide bonds. The Morgan fingerprint density at radius 2 is 1.84 bits per heavy atom. The van der Waals surface area contributed by atoms with E-state index in [9.17, 15) is 14.9 Å². The van der Waals surface area contributed by atoms with Gasteiger partial charge in [-0.3, -0.25) is 14.9 Å². The molecule has 6 nitrogen and oxygen atoms in total. The van der Waals surface area contributed by atoms with Gasteiger partial charge in [-0.1, -0.05) is 29.3 Å². The lowest BCUT2D eigenvalue weighted by molar-refractivity contribution is -0.384. The summed E-state index contributed by atoms with van der Waals surface area (Å²) >= 11 is 12.0. The molecule has 0 aliphatic carbocycles. The SMILES string of the molecule is CC1=NN(c2ccc([N+](=O)[O-])cc2)C(=O)C1=Cc1ccc(Cl)cc1Cl. The minimum absolute atomic E-state index is 0.0557. The number of carbonyl (C=O) groups is 1. The molecule has 8 heteroatoms. The number of hydrazone groups is 1. The summed E-state index contributed by atoms with van der Waals surface area (Å²) < 4.78 is 0. The van der Waals surface area contributed by atoms with Crippen LogP contribution in [0.3, 0.4) is 0 Å². The summed E-state index contributed by atoms with van der Waals surface area (Å²) in [5, 5.41) is 17.1. The molecule has 0 saturated carbocycles. The van der Waals surface area contributed by atoms with Gasteiger partial charge in [0.1, 0.15) is 0 Å². The lowest BCUT2D eigenvalue weighted by Gasteiger charge is -2.11. The van der Waals surface area contributed by atoms with Gasteiger partial charge in [0.15, 0.2) is 0 Å². The first-order chi connectivity index (χ1) is 11.9. The molecule has 0 unspecified atom stereocenters. The molecule has 0 fully saturated rings. The van der Waals surface area contributed by atoms with Crippen LogP contribution in [-0.2, 0) is 4.79 Å². The van der Waals surface area contributed by atoms with E-state index < -0.39 is 4.92 Å². The Morgan fingerprint density at radius 3 is 2.44 bits per heavy atom. The Balaban J connectivity index is 1.93. The molecule has 1 heterocycles. The molecule has 25 heavy (non-hydrogen) atoms. The number of nitro groups is 1. The normalized spacial score (nSPS) is 15.6. The first kappa shape index (κ1) is 17.1. The van der Waals surface area contributed by atoms with Crippen molar-refractivity contribution < 1.29 is 9.72 Å². The number of benzene rings is 2. The Hall–Kier alpha value is -2.70. The Kier molecular flexibility index (Phi) is 4.57. The second kappa shape index (κ2) is 6.66. The molecule has 1 aliphatic rings. The topological polar surface area (TPSA) is 75.8 Å². The first-order valence-corrected chi connectivity index (χ1v) is 7.93. The third kappa shape index (κ3) is 3.40. The smallest absolute Gasteiger partial charge is 0.267 e. The van der Waals surface area contributed by atoms with Crippen LogP contribution < -0.4 is 5.01 Å². The van der Waals surface area contributed by atoms with E-state index in [0.29, 0.717) is 32.6 Å². The lowest BCUT2D eigenvalue weighted by atomic mass is 10.1. The van der Waals surface area contributed by atoms with Crippen LogP contribution in [0.5, 0.6) is 0 Å². The molecule has 2 aromatic carbocycles. The second-order valence-electron chi connectivity index (χ2n) is 5.30. The van der Waals surface area contributed by atoms with Gasteiger partial charge in [0.2, 0.25) is 0 Å². The van der Waals surface area contributed by atoms with Crippen LogP contribution in [0, 0.1) is 10.1 Å². The van der Waals surface area contributed by atoms with Crippen LogP contribution >= 0.6 is 23.2 Å². The van der Waals surface area contributed by atoms with E-state index in [1.165, 1.54) is 29.3 Å². The van der Waals surface area contributed by atoms with Gasteiger partial charge in [0.05, 0.1) is 21.9 Å². The van der Waals surface area contributed by atoms with E-state index >= 15 is 0 Å². The van der Waals surface area contributed by atoms with Gasteiger partial charge in [0.25, 0.3) is 11.6 Å². The second-order valence-corrected chi connectivity index (χ2v) is 6.14. The molecule has 126 valence electrons. The van der Waals surface area contributed by atoms with Crippen molar-refractivity contribution in [1.29, 1.82) is 0 Å². The van der Waals surface area contributed by atoms with E-state index in [1.54, 1.807) is 31.2 Å². The predicted octanol–water partition coefficient (Wildman–Crippen LogP) is 4.71. The van der Waals surface area contributed by atoms with Crippen molar-refractivity contribution in [3.63, 3.8) is 0 Å². The highest BCUT2D eigenvalue weighted by atomic mass is 35.5. The van der Waals surface area contributed by atoms with E-state index in [2.05, 4.69) is 5.10 Å². The quantitative estimate of drug-likeness (QED) is 0.442. The third-order valence-electron chi connectivity index (χ3n) is 3.63. The van der Waals surface area contributed by atoms with Gasteiger partial charge in [0, 0.05) is 22.2 Å². The van der Waals surface area contributed by atoms with Crippen LogP contribution in [0.15, 0.2) is 53.1 Å². The highest BCUT2D eigenvalue weighted by Crippen LogP contribution is 2.29.